The number of aliphatic hydroxyl groups excluding tert-OH is 3. The molecule has 3 N–H and O–H groups in total. The van der Waals surface area contributed by atoms with E-state index in [1.54, 1.807) is 0 Å². The van der Waals surface area contributed by atoms with Crippen LogP contribution in [0.25, 0.3) is 0 Å². The second kappa shape index (κ2) is 14.7. The smallest absolute Gasteiger partial charge is 0.306 e. The number of allylic oxidation sites excluding steroid dienone is 6. The van der Waals surface area contributed by atoms with Crippen LogP contribution in [0, 0.1) is 0 Å². The molecule has 0 aliphatic heterocycles. The lowest BCUT2D eigenvalue weighted by atomic mass is 10.1. The van der Waals surface area contributed by atoms with E-state index in [1.807, 2.05) is 6.08 Å². The van der Waals surface area contributed by atoms with E-state index in [2.05, 4.69) is 39.8 Å². The van der Waals surface area contributed by atoms with Crippen LogP contribution in [0.15, 0.2) is 34.9 Å². The van der Waals surface area contributed by atoms with E-state index in [0.717, 1.165) is 25.7 Å². The summed E-state index contributed by atoms with van der Waals surface area (Å²) in [6.45, 7) is 7.58. The van der Waals surface area contributed by atoms with Gasteiger partial charge in [0.25, 0.3) is 0 Å². The average Bonchev–Trinajstić information content (AvgIpc) is 2.58. The van der Waals surface area contributed by atoms with Gasteiger partial charge in [0.1, 0.15) is 18.8 Å². The monoisotopic (exact) mass is 368 g/mol. The normalized spacial score (nSPS) is 14.7. The number of rotatable bonds is 13. The quantitative estimate of drug-likeness (QED) is 0.342. The Morgan fingerprint density at radius 2 is 1.35 bits per heavy atom. The van der Waals surface area contributed by atoms with Crippen molar-refractivity contribution in [2.45, 2.75) is 78.4 Å². The van der Waals surface area contributed by atoms with Crippen molar-refractivity contribution in [1.82, 2.24) is 0 Å². The van der Waals surface area contributed by atoms with Gasteiger partial charge in [0.2, 0.25) is 0 Å². The molecule has 0 bridgehead atoms. The molecule has 2 atom stereocenters. The van der Waals surface area contributed by atoms with E-state index in [1.165, 1.54) is 16.7 Å². The predicted molar refractivity (Wildman–Crippen MR) is 105 cm³/mol. The maximum atomic E-state index is 11.6. The van der Waals surface area contributed by atoms with Gasteiger partial charge in [0.05, 0.1) is 6.61 Å². The molecule has 26 heavy (non-hydrogen) atoms. The molecule has 0 aliphatic carbocycles. The lowest BCUT2D eigenvalue weighted by molar-refractivity contribution is -0.149. The highest BCUT2D eigenvalue weighted by Gasteiger charge is 2.16. The Morgan fingerprint density at radius 1 is 0.846 bits per heavy atom. The molecule has 0 aromatic heterocycles. The molecule has 2 unspecified atom stereocenters. The summed E-state index contributed by atoms with van der Waals surface area (Å²) in [7, 11) is 0. The van der Waals surface area contributed by atoms with Crippen molar-refractivity contribution in [3.63, 3.8) is 0 Å². The number of aliphatic hydroxyl groups is 3. The van der Waals surface area contributed by atoms with Crippen molar-refractivity contribution in [2.75, 3.05) is 13.2 Å². The van der Waals surface area contributed by atoms with Gasteiger partial charge < -0.3 is 20.1 Å². The lowest BCUT2D eigenvalue weighted by Crippen LogP contribution is -2.34. The van der Waals surface area contributed by atoms with E-state index in [9.17, 15) is 15.0 Å². The summed E-state index contributed by atoms with van der Waals surface area (Å²) in [5.41, 5.74) is 4.00. The van der Waals surface area contributed by atoms with Crippen molar-refractivity contribution in [3.05, 3.63) is 34.9 Å². The summed E-state index contributed by atoms with van der Waals surface area (Å²) < 4.78 is 4.87. The van der Waals surface area contributed by atoms with E-state index < -0.39 is 24.8 Å². The number of carbonyl (C=O) groups excluding carboxylic acids is 1. The van der Waals surface area contributed by atoms with Crippen LogP contribution >= 0.6 is 0 Å². The van der Waals surface area contributed by atoms with Crippen LogP contribution < -0.4 is 0 Å². The molecule has 0 amide bonds. The van der Waals surface area contributed by atoms with E-state index in [-0.39, 0.29) is 13.0 Å². The summed E-state index contributed by atoms with van der Waals surface area (Å²) in [6.07, 6.45) is 8.99. The zero-order valence-corrected chi connectivity index (χ0v) is 16.7. The van der Waals surface area contributed by atoms with Crippen molar-refractivity contribution in [3.8, 4) is 0 Å². The zero-order valence-electron chi connectivity index (χ0n) is 16.7. The first-order valence-electron chi connectivity index (χ1n) is 9.33. The van der Waals surface area contributed by atoms with Crippen LogP contribution in [-0.4, -0.2) is 46.7 Å². The Balaban J connectivity index is 3.96. The average molecular weight is 369 g/mol. The van der Waals surface area contributed by atoms with E-state index in [4.69, 9.17) is 9.84 Å². The topological polar surface area (TPSA) is 87.0 Å². The summed E-state index contributed by atoms with van der Waals surface area (Å²) in [5, 5.41) is 27.2. The standard InChI is InChI=1S/C21H36O5/c1-16(2)8-5-9-17(3)10-6-11-18(4)12-7-13-21(25)26-15-20(24)19(23)14-22/h8,10,12,19-20,22-24H,5-7,9,11,13-15H2,1-4H3/b17-10+,18-12+. The van der Waals surface area contributed by atoms with Gasteiger partial charge in [-0.3, -0.25) is 4.79 Å². The Labute approximate surface area is 158 Å². The lowest BCUT2D eigenvalue weighted by Gasteiger charge is -2.15. The summed E-state index contributed by atoms with van der Waals surface area (Å²) in [4.78, 5) is 11.6. The summed E-state index contributed by atoms with van der Waals surface area (Å²) in [5.74, 6) is -0.423. The fourth-order valence-electron chi connectivity index (χ4n) is 2.26. The van der Waals surface area contributed by atoms with Crippen LogP contribution in [-0.2, 0) is 9.53 Å². The maximum absolute atomic E-state index is 11.6. The third-order valence-electron chi connectivity index (χ3n) is 4.01. The molecule has 150 valence electrons. The van der Waals surface area contributed by atoms with Gasteiger partial charge >= 0.3 is 5.97 Å². The van der Waals surface area contributed by atoms with Crippen LogP contribution in [0.4, 0.5) is 0 Å². The molecule has 0 radical (unpaired) electrons. The third-order valence-corrected chi connectivity index (χ3v) is 4.01. The van der Waals surface area contributed by atoms with Crippen molar-refractivity contribution in [2.24, 2.45) is 0 Å². The maximum Gasteiger partial charge on any atom is 0.306 e. The fraction of sp³-hybridized carbons (Fsp3) is 0.667. The molecular formula is C21H36O5. The number of carbonyl (C=O) groups is 1. The molecule has 0 aromatic carbocycles. The Hall–Kier alpha value is -1.43. The minimum atomic E-state index is -1.29. The van der Waals surface area contributed by atoms with Crippen molar-refractivity contribution < 1.29 is 24.9 Å². The Morgan fingerprint density at radius 3 is 1.85 bits per heavy atom. The largest absolute Gasteiger partial charge is 0.463 e. The first kappa shape index (κ1) is 24.6. The van der Waals surface area contributed by atoms with Gasteiger partial charge in [-0.05, 0) is 59.8 Å². The highest BCUT2D eigenvalue weighted by molar-refractivity contribution is 5.69. The molecule has 0 fully saturated rings. The number of hydrogen-bond acceptors (Lipinski definition) is 5. The molecular weight excluding hydrogens is 332 g/mol. The zero-order chi connectivity index (χ0) is 19.9. The first-order valence-corrected chi connectivity index (χ1v) is 9.33. The molecule has 5 nitrogen and oxygen atoms in total. The van der Waals surface area contributed by atoms with Crippen LogP contribution in [0.3, 0.4) is 0 Å². The molecule has 0 rings (SSSR count). The minimum absolute atomic E-state index is 0.233. The van der Waals surface area contributed by atoms with Gasteiger partial charge in [-0.25, -0.2) is 0 Å². The molecule has 0 saturated carbocycles. The van der Waals surface area contributed by atoms with E-state index >= 15 is 0 Å². The minimum Gasteiger partial charge on any atom is -0.463 e. The molecule has 0 aliphatic rings. The van der Waals surface area contributed by atoms with Crippen LogP contribution in [0.1, 0.15) is 66.2 Å². The predicted octanol–water partition coefficient (Wildman–Crippen LogP) is 3.44. The summed E-state index contributed by atoms with van der Waals surface area (Å²) in [6, 6.07) is 0. The van der Waals surface area contributed by atoms with Gasteiger partial charge in [0, 0.05) is 6.42 Å². The van der Waals surface area contributed by atoms with Gasteiger partial charge in [-0.2, -0.15) is 0 Å². The van der Waals surface area contributed by atoms with E-state index in [0.29, 0.717) is 6.42 Å². The molecule has 0 heterocycles. The van der Waals surface area contributed by atoms with Gasteiger partial charge in [0.15, 0.2) is 0 Å². The van der Waals surface area contributed by atoms with Crippen molar-refractivity contribution >= 4 is 5.97 Å². The fourth-order valence-corrected chi connectivity index (χ4v) is 2.26. The third kappa shape index (κ3) is 13.8. The highest BCUT2D eigenvalue weighted by atomic mass is 16.5. The molecule has 0 spiro atoms. The van der Waals surface area contributed by atoms with Crippen LogP contribution in [0.5, 0.6) is 0 Å². The molecule has 0 aromatic rings. The molecule has 5 heteroatoms. The van der Waals surface area contributed by atoms with Gasteiger partial charge in [-0.15, -0.1) is 0 Å². The second-order valence-electron chi connectivity index (χ2n) is 7.00. The number of ether oxygens (including phenoxy) is 1. The number of esters is 1. The molecule has 0 saturated heterocycles. The second-order valence-corrected chi connectivity index (χ2v) is 7.00. The number of hydrogen-bond donors (Lipinski definition) is 3. The SMILES string of the molecule is CC(C)=CCC/C(C)=C/CC/C(C)=C/CCC(=O)OCC(O)C(O)CO. The summed E-state index contributed by atoms with van der Waals surface area (Å²) >= 11 is 0. The Bertz CT molecular complexity index is 487. The van der Waals surface area contributed by atoms with Gasteiger partial charge in [-0.1, -0.05) is 34.9 Å². The van der Waals surface area contributed by atoms with Crippen LogP contribution in [0.2, 0.25) is 0 Å². The first-order chi connectivity index (χ1) is 12.3. The highest BCUT2D eigenvalue weighted by Crippen LogP contribution is 2.12. The van der Waals surface area contributed by atoms with Crippen molar-refractivity contribution in [1.29, 1.82) is 0 Å². The Kier molecular flexibility index (Phi) is 13.9.